The standard InChI is InChI=1S/C18H34O5Si/c1-8-21-17(20)12-15-11-16(10-14(22-15)9-13(2)19)23-24(6,7)18(3,4)5/h14-16H,8-12H2,1-7H3/t14-,15-,16-/m1/s1. The van der Waals surface area contributed by atoms with Gasteiger partial charge in [0.05, 0.1) is 31.3 Å². The quantitative estimate of drug-likeness (QED) is 0.511. The summed E-state index contributed by atoms with van der Waals surface area (Å²) in [4.78, 5) is 23.3. The second-order valence-electron chi connectivity index (χ2n) is 8.27. The molecule has 140 valence electrons. The number of carbonyl (C=O) groups is 2. The number of ketones is 1. The summed E-state index contributed by atoms with van der Waals surface area (Å²) in [6.07, 6.45) is 1.60. The van der Waals surface area contributed by atoms with Crippen LogP contribution in [0.2, 0.25) is 18.1 Å². The van der Waals surface area contributed by atoms with Crippen LogP contribution in [0.3, 0.4) is 0 Å². The van der Waals surface area contributed by atoms with Crippen LogP contribution in [0, 0.1) is 0 Å². The Morgan fingerprint density at radius 2 is 1.67 bits per heavy atom. The lowest BCUT2D eigenvalue weighted by Gasteiger charge is -2.43. The first-order valence-corrected chi connectivity index (χ1v) is 11.8. The van der Waals surface area contributed by atoms with Crippen molar-refractivity contribution in [1.82, 2.24) is 0 Å². The summed E-state index contributed by atoms with van der Waals surface area (Å²) in [5, 5.41) is 0.123. The molecule has 5 nitrogen and oxygen atoms in total. The number of ether oxygens (including phenoxy) is 2. The molecule has 0 radical (unpaired) electrons. The van der Waals surface area contributed by atoms with Crippen molar-refractivity contribution in [3.63, 3.8) is 0 Å². The SMILES string of the molecule is CCOC(=O)C[C@H]1C[C@H](O[Si](C)(C)C(C)(C)C)C[C@@H](CC(C)=O)O1. The first-order valence-electron chi connectivity index (χ1n) is 8.93. The van der Waals surface area contributed by atoms with E-state index in [4.69, 9.17) is 13.9 Å². The van der Waals surface area contributed by atoms with Crippen molar-refractivity contribution in [3.05, 3.63) is 0 Å². The van der Waals surface area contributed by atoms with Gasteiger partial charge in [-0.3, -0.25) is 9.59 Å². The van der Waals surface area contributed by atoms with Crippen molar-refractivity contribution in [2.75, 3.05) is 6.61 Å². The third-order valence-electron chi connectivity index (χ3n) is 4.92. The molecule has 0 aromatic rings. The van der Waals surface area contributed by atoms with E-state index in [0.717, 1.165) is 0 Å². The van der Waals surface area contributed by atoms with Crippen LogP contribution < -0.4 is 0 Å². The number of carbonyl (C=O) groups excluding carboxylic acids is 2. The Bertz CT molecular complexity index is 441. The van der Waals surface area contributed by atoms with E-state index in [2.05, 4.69) is 33.9 Å². The van der Waals surface area contributed by atoms with E-state index in [9.17, 15) is 9.59 Å². The van der Waals surface area contributed by atoms with E-state index in [1.807, 2.05) is 0 Å². The number of esters is 1. The average Bonchev–Trinajstić information content (AvgIpc) is 2.35. The monoisotopic (exact) mass is 358 g/mol. The minimum absolute atomic E-state index is 0.0309. The Balaban J connectivity index is 2.79. The highest BCUT2D eigenvalue weighted by Crippen LogP contribution is 2.39. The highest BCUT2D eigenvalue weighted by Gasteiger charge is 2.42. The van der Waals surface area contributed by atoms with Crippen LogP contribution in [0.1, 0.15) is 60.3 Å². The summed E-state index contributed by atoms with van der Waals surface area (Å²) in [6.45, 7) is 14.8. The molecule has 0 aromatic heterocycles. The summed E-state index contributed by atoms with van der Waals surface area (Å²) in [6, 6.07) is 0. The second-order valence-corrected chi connectivity index (χ2v) is 13.0. The topological polar surface area (TPSA) is 61.8 Å². The van der Waals surface area contributed by atoms with Crippen LogP contribution in [-0.4, -0.2) is 45.0 Å². The molecule has 6 heteroatoms. The van der Waals surface area contributed by atoms with Crippen molar-refractivity contribution in [3.8, 4) is 0 Å². The Hall–Kier alpha value is -0.723. The van der Waals surface area contributed by atoms with Gasteiger partial charge in [0.2, 0.25) is 0 Å². The molecular weight excluding hydrogens is 324 g/mol. The zero-order chi connectivity index (χ0) is 18.5. The molecule has 0 spiro atoms. The number of rotatable bonds is 7. The highest BCUT2D eigenvalue weighted by molar-refractivity contribution is 6.74. The van der Waals surface area contributed by atoms with Gasteiger partial charge in [0.15, 0.2) is 8.32 Å². The number of hydrogen-bond acceptors (Lipinski definition) is 5. The van der Waals surface area contributed by atoms with Crippen molar-refractivity contribution < 1.29 is 23.5 Å². The predicted molar refractivity (Wildman–Crippen MR) is 96.5 cm³/mol. The lowest BCUT2D eigenvalue weighted by molar-refractivity contribution is -0.152. The van der Waals surface area contributed by atoms with E-state index in [-0.39, 0.29) is 41.5 Å². The largest absolute Gasteiger partial charge is 0.466 e. The highest BCUT2D eigenvalue weighted by atomic mass is 28.4. The minimum atomic E-state index is -1.90. The lowest BCUT2D eigenvalue weighted by Crippen LogP contribution is -2.48. The maximum atomic E-state index is 11.8. The summed E-state index contributed by atoms with van der Waals surface area (Å²) in [5.41, 5.74) is 0. The molecular formula is C18H34O5Si. The van der Waals surface area contributed by atoms with Gasteiger partial charge in [-0.25, -0.2) is 0 Å². The molecule has 0 bridgehead atoms. The molecule has 1 heterocycles. The molecule has 0 unspecified atom stereocenters. The van der Waals surface area contributed by atoms with E-state index in [1.54, 1.807) is 13.8 Å². The van der Waals surface area contributed by atoms with Crippen LogP contribution in [0.4, 0.5) is 0 Å². The van der Waals surface area contributed by atoms with Gasteiger partial charge in [0.1, 0.15) is 5.78 Å². The zero-order valence-electron chi connectivity index (χ0n) is 16.3. The third-order valence-corrected chi connectivity index (χ3v) is 9.45. The van der Waals surface area contributed by atoms with Gasteiger partial charge in [-0.2, -0.15) is 0 Å². The number of hydrogen-bond donors (Lipinski definition) is 0. The van der Waals surface area contributed by atoms with Gasteiger partial charge in [0, 0.05) is 6.42 Å². The second kappa shape index (κ2) is 8.58. The fraction of sp³-hybridized carbons (Fsp3) is 0.889. The maximum absolute atomic E-state index is 11.8. The molecule has 1 saturated heterocycles. The fourth-order valence-electron chi connectivity index (χ4n) is 2.74. The van der Waals surface area contributed by atoms with Crippen LogP contribution in [0.15, 0.2) is 0 Å². The molecule has 0 N–H and O–H groups in total. The molecule has 1 aliphatic heterocycles. The summed E-state index contributed by atoms with van der Waals surface area (Å²) < 4.78 is 17.5. The van der Waals surface area contributed by atoms with Crippen molar-refractivity contribution >= 4 is 20.1 Å². The normalized spacial score (nSPS) is 25.4. The van der Waals surface area contributed by atoms with Gasteiger partial charge >= 0.3 is 5.97 Å². The van der Waals surface area contributed by atoms with Crippen molar-refractivity contribution in [2.24, 2.45) is 0 Å². The first kappa shape index (κ1) is 21.3. The van der Waals surface area contributed by atoms with Crippen LogP contribution in [0.25, 0.3) is 0 Å². The molecule has 0 saturated carbocycles. The van der Waals surface area contributed by atoms with Gasteiger partial charge in [0.25, 0.3) is 0 Å². The van der Waals surface area contributed by atoms with Gasteiger partial charge in [-0.05, 0) is 44.8 Å². The van der Waals surface area contributed by atoms with E-state index in [1.165, 1.54) is 0 Å². The molecule has 0 aliphatic carbocycles. The summed E-state index contributed by atoms with van der Waals surface area (Å²) in [5.74, 6) is -0.153. The van der Waals surface area contributed by atoms with Gasteiger partial charge in [-0.1, -0.05) is 20.8 Å². The van der Waals surface area contributed by atoms with Crippen LogP contribution >= 0.6 is 0 Å². The van der Waals surface area contributed by atoms with E-state index in [0.29, 0.717) is 25.9 Å². The van der Waals surface area contributed by atoms with E-state index < -0.39 is 8.32 Å². The number of Topliss-reactive ketones (excluding diaryl/α,β-unsaturated/α-hetero) is 1. The Morgan fingerprint density at radius 3 is 2.12 bits per heavy atom. The van der Waals surface area contributed by atoms with Crippen molar-refractivity contribution in [1.29, 1.82) is 0 Å². The molecule has 0 amide bonds. The molecule has 0 aromatic carbocycles. The van der Waals surface area contributed by atoms with Crippen LogP contribution in [-0.2, 0) is 23.5 Å². The Kier molecular flexibility index (Phi) is 7.63. The van der Waals surface area contributed by atoms with Crippen molar-refractivity contribution in [2.45, 2.75) is 96.7 Å². The molecule has 1 aliphatic rings. The lowest BCUT2D eigenvalue weighted by atomic mass is 9.96. The first-order chi connectivity index (χ1) is 10.9. The minimum Gasteiger partial charge on any atom is -0.466 e. The van der Waals surface area contributed by atoms with E-state index >= 15 is 0 Å². The third kappa shape index (κ3) is 6.65. The Morgan fingerprint density at radius 1 is 1.12 bits per heavy atom. The summed E-state index contributed by atoms with van der Waals surface area (Å²) >= 11 is 0. The Labute approximate surface area is 147 Å². The molecule has 1 fully saturated rings. The smallest absolute Gasteiger partial charge is 0.308 e. The van der Waals surface area contributed by atoms with Crippen LogP contribution in [0.5, 0.6) is 0 Å². The summed E-state index contributed by atoms with van der Waals surface area (Å²) in [7, 11) is -1.90. The molecule has 24 heavy (non-hydrogen) atoms. The molecule has 3 atom stereocenters. The fourth-order valence-corrected chi connectivity index (χ4v) is 4.12. The predicted octanol–water partition coefficient (Wildman–Crippen LogP) is 3.86. The average molecular weight is 359 g/mol. The molecule has 1 rings (SSSR count). The maximum Gasteiger partial charge on any atom is 0.308 e. The van der Waals surface area contributed by atoms with Gasteiger partial charge < -0.3 is 13.9 Å². The zero-order valence-corrected chi connectivity index (χ0v) is 17.3. The van der Waals surface area contributed by atoms with Gasteiger partial charge in [-0.15, -0.1) is 0 Å².